The number of thioether (sulfide) groups is 1. The van der Waals surface area contributed by atoms with Crippen molar-refractivity contribution < 1.29 is 9.66 Å². The molecule has 1 rings (SSSR count). The lowest BCUT2D eigenvalue weighted by Crippen LogP contribution is -2.16. The van der Waals surface area contributed by atoms with Gasteiger partial charge in [-0.05, 0) is 11.8 Å². The number of rotatable bonds is 3. The SMILES string of the molecule is COc1ncnc(SC(=S)N(C)C)c1[N+](=O)[O-]. The van der Waals surface area contributed by atoms with Gasteiger partial charge in [0, 0.05) is 14.1 Å². The second-order valence-electron chi connectivity index (χ2n) is 3.06. The summed E-state index contributed by atoms with van der Waals surface area (Å²) in [6.07, 6.45) is 1.20. The van der Waals surface area contributed by atoms with Crippen molar-refractivity contribution in [2.45, 2.75) is 5.03 Å². The molecule has 0 spiro atoms. The summed E-state index contributed by atoms with van der Waals surface area (Å²) in [5, 5.41) is 11.1. The predicted molar refractivity (Wildman–Crippen MR) is 67.4 cm³/mol. The van der Waals surface area contributed by atoms with Gasteiger partial charge >= 0.3 is 5.69 Å². The number of methoxy groups -OCH3 is 1. The van der Waals surface area contributed by atoms with Crippen LogP contribution in [0.4, 0.5) is 5.69 Å². The van der Waals surface area contributed by atoms with Crippen LogP contribution in [0, 0.1) is 10.1 Å². The highest BCUT2D eigenvalue weighted by Gasteiger charge is 2.25. The molecule has 0 aliphatic heterocycles. The smallest absolute Gasteiger partial charge is 0.363 e. The van der Waals surface area contributed by atoms with Gasteiger partial charge in [0.1, 0.15) is 10.6 Å². The molecule has 0 aliphatic rings. The molecule has 9 heteroatoms. The average Bonchev–Trinajstić information content (AvgIpc) is 2.27. The zero-order valence-electron chi connectivity index (χ0n) is 9.41. The number of nitro groups is 1. The second-order valence-corrected chi connectivity index (χ2v) is 4.68. The second kappa shape index (κ2) is 5.73. The Hall–Kier alpha value is -1.48. The molecule has 0 atom stereocenters. The minimum atomic E-state index is -0.584. The third-order valence-corrected chi connectivity index (χ3v) is 3.33. The van der Waals surface area contributed by atoms with Crippen LogP contribution in [0.1, 0.15) is 0 Å². The number of ether oxygens (including phenoxy) is 1. The molecule has 7 nitrogen and oxygen atoms in total. The molecule has 1 aromatic heterocycles. The number of hydrogen-bond donors (Lipinski definition) is 0. The number of hydrogen-bond acceptors (Lipinski definition) is 7. The lowest BCUT2D eigenvalue weighted by molar-refractivity contribution is -0.389. The molecule has 0 aromatic carbocycles. The summed E-state index contributed by atoms with van der Waals surface area (Å²) < 4.78 is 5.29. The molecule has 1 heterocycles. The molecular formula is C8H10N4O3S2. The Bertz CT molecular complexity index is 452. The summed E-state index contributed by atoms with van der Waals surface area (Å²) in [6.45, 7) is 0. The molecule has 0 fully saturated rings. The molecule has 0 saturated heterocycles. The average molecular weight is 274 g/mol. The monoisotopic (exact) mass is 274 g/mol. The van der Waals surface area contributed by atoms with E-state index >= 15 is 0 Å². The topological polar surface area (TPSA) is 81.4 Å². The normalized spacial score (nSPS) is 9.82. The Morgan fingerprint density at radius 2 is 2.24 bits per heavy atom. The molecule has 0 radical (unpaired) electrons. The Kier molecular flexibility index (Phi) is 4.58. The molecule has 0 amide bonds. The van der Waals surface area contributed by atoms with E-state index in [9.17, 15) is 10.1 Å². The van der Waals surface area contributed by atoms with Gasteiger partial charge in [0.25, 0.3) is 5.88 Å². The first-order chi connectivity index (χ1) is 7.97. The summed E-state index contributed by atoms with van der Waals surface area (Å²) >= 11 is 6.07. The zero-order valence-corrected chi connectivity index (χ0v) is 11.0. The van der Waals surface area contributed by atoms with Crippen LogP contribution in [0.25, 0.3) is 0 Å². The van der Waals surface area contributed by atoms with Crippen LogP contribution in [0.2, 0.25) is 0 Å². The maximum absolute atomic E-state index is 10.9. The summed E-state index contributed by atoms with van der Waals surface area (Å²) in [7, 11) is 4.81. The van der Waals surface area contributed by atoms with Crippen molar-refractivity contribution in [1.82, 2.24) is 14.9 Å². The molecule has 0 unspecified atom stereocenters. The highest BCUT2D eigenvalue weighted by Crippen LogP contribution is 2.34. The lowest BCUT2D eigenvalue weighted by Gasteiger charge is -2.12. The minimum absolute atomic E-state index is 0.0749. The molecular weight excluding hydrogens is 264 g/mol. The Morgan fingerprint density at radius 1 is 1.59 bits per heavy atom. The van der Waals surface area contributed by atoms with Gasteiger partial charge in [-0.15, -0.1) is 0 Å². The van der Waals surface area contributed by atoms with Crippen LogP contribution in [-0.4, -0.2) is 45.3 Å². The molecule has 17 heavy (non-hydrogen) atoms. The van der Waals surface area contributed by atoms with Crippen molar-refractivity contribution >= 4 is 34.0 Å². The van der Waals surface area contributed by atoms with Crippen molar-refractivity contribution in [3.8, 4) is 5.88 Å². The van der Waals surface area contributed by atoms with Crippen molar-refractivity contribution in [2.24, 2.45) is 0 Å². The van der Waals surface area contributed by atoms with E-state index in [4.69, 9.17) is 17.0 Å². The van der Waals surface area contributed by atoms with E-state index in [0.29, 0.717) is 4.32 Å². The van der Waals surface area contributed by atoms with E-state index in [2.05, 4.69) is 9.97 Å². The van der Waals surface area contributed by atoms with E-state index in [1.54, 1.807) is 19.0 Å². The first-order valence-electron chi connectivity index (χ1n) is 4.40. The van der Waals surface area contributed by atoms with Crippen molar-refractivity contribution in [1.29, 1.82) is 0 Å². The van der Waals surface area contributed by atoms with Gasteiger partial charge < -0.3 is 9.64 Å². The predicted octanol–water partition coefficient (Wildman–Crippen LogP) is 1.33. The number of nitrogens with zero attached hydrogens (tertiary/aromatic N) is 4. The summed E-state index contributed by atoms with van der Waals surface area (Å²) in [6, 6.07) is 0. The minimum Gasteiger partial charge on any atom is -0.476 e. The fraction of sp³-hybridized carbons (Fsp3) is 0.375. The van der Waals surface area contributed by atoms with Crippen LogP contribution in [0.15, 0.2) is 11.4 Å². The fourth-order valence-corrected chi connectivity index (χ4v) is 1.84. The Morgan fingerprint density at radius 3 is 2.71 bits per heavy atom. The maximum Gasteiger partial charge on any atom is 0.363 e. The Balaban J connectivity index is 3.15. The summed E-state index contributed by atoms with van der Waals surface area (Å²) in [4.78, 5) is 19.5. The zero-order chi connectivity index (χ0) is 13.0. The van der Waals surface area contributed by atoms with Crippen LogP contribution in [0.3, 0.4) is 0 Å². The van der Waals surface area contributed by atoms with E-state index in [1.165, 1.54) is 13.4 Å². The standard InChI is InChI=1S/C8H10N4O3S2/c1-11(2)8(16)17-7-5(12(13)14)6(15-3)9-4-10-7/h4H,1-3H3. The molecule has 0 bridgehead atoms. The van der Waals surface area contributed by atoms with Crippen LogP contribution >= 0.6 is 24.0 Å². The third-order valence-electron chi connectivity index (χ3n) is 1.68. The molecule has 0 aliphatic carbocycles. The van der Waals surface area contributed by atoms with Crippen molar-refractivity contribution in [3.63, 3.8) is 0 Å². The highest BCUT2D eigenvalue weighted by atomic mass is 32.2. The maximum atomic E-state index is 10.9. The van der Waals surface area contributed by atoms with Gasteiger partial charge in [0.2, 0.25) is 0 Å². The van der Waals surface area contributed by atoms with Crippen LogP contribution < -0.4 is 4.74 Å². The van der Waals surface area contributed by atoms with Gasteiger partial charge in [-0.3, -0.25) is 10.1 Å². The van der Waals surface area contributed by atoms with E-state index in [-0.39, 0.29) is 16.6 Å². The van der Waals surface area contributed by atoms with Crippen molar-refractivity contribution in [2.75, 3.05) is 21.2 Å². The van der Waals surface area contributed by atoms with E-state index in [0.717, 1.165) is 11.8 Å². The van der Waals surface area contributed by atoms with Crippen molar-refractivity contribution in [3.05, 3.63) is 16.4 Å². The molecule has 1 aromatic rings. The largest absolute Gasteiger partial charge is 0.476 e. The lowest BCUT2D eigenvalue weighted by atomic mass is 10.5. The van der Waals surface area contributed by atoms with Crippen LogP contribution in [0.5, 0.6) is 5.88 Å². The Labute approximate surface area is 107 Å². The number of aromatic nitrogens is 2. The van der Waals surface area contributed by atoms with Crippen LogP contribution in [-0.2, 0) is 0 Å². The third kappa shape index (κ3) is 3.24. The first-order valence-corrected chi connectivity index (χ1v) is 5.62. The molecule has 0 N–H and O–H groups in total. The van der Waals surface area contributed by atoms with Gasteiger partial charge in [0.05, 0.1) is 12.0 Å². The van der Waals surface area contributed by atoms with Gasteiger partial charge in [-0.25, -0.2) is 4.98 Å². The molecule has 0 saturated carbocycles. The van der Waals surface area contributed by atoms with Gasteiger partial charge in [0.15, 0.2) is 5.03 Å². The molecule has 92 valence electrons. The summed E-state index contributed by atoms with van der Waals surface area (Å²) in [5.41, 5.74) is -0.274. The highest BCUT2D eigenvalue weighted by molar-refractivity contribution is 8.22. The summed E-state index contributed by atoms with van der Waals surface area (Å²) in [5.74, 6) is -0.0749. The van der Waals surface area contributed by atoms with E-state index in [1.807, 2.05) is 0 Å². The number of thiocarbonyl (C=S) groups is 1. The van der Waals surface area contributed by atoms with Gasteiger partial charge in [-0.1, -0.05) is 12.2 Å². The van der Waals surface area contributed by atoms with Gasteiger partial charge in [-0.2, -0.15) is 4.98 Å². The fourth-order valence-electron chi connectivity index (χ4n) is 0.902. The quantitative estimate of drug-likeness (QED) is 0.268. The van der Waals surface area contributed by atoms with E-state index < -0.39 is 4.92 Å². The first kappa shape index (κ1) is 13.6.